The SMILES string of the molecule is C=C(C)C(=O)N(CCCCCCN(C)C)C(=O)OCC. The monoisotopic (exact) mass is 284 g/mol. The molecule has 0 aromatic carbocycles. The Labute approximate surface area is 122 Å². The molecule has 0 spiro atoms. The van der Waals surface area contributed by atoms with Gasteiger partial charge in [0.2, 0.25) is 0 Å². The maximum Gasteiger partial charge on any atom is 0.416 e. The minimum absolute atomic E-state index is 0.266. The Morgan fingerprint density at radius 2 is 1.60 bits per heavy atom. The van der Waals surface area contributed by atoms with E-state index in [-0.39, 0.29) is 12.5 Å². The van der Waals surface area contributed by atoms with Crippen LogP contribution in [0.2, 0.25) is 0 Å². The first-order chi connectivity index (χ1) is 9.40. The van der Waals surface area contributed by atoms with Gasteiger partial charge in [0.05, 0.1) is 6.61 Å². The normalized spacial score (nSPS) is 10.4. The lowest BCUT2D eigenvalue weighted by atomic mass is 10.2. The predicted octanol–water partition coefficient (Wildman–Crippen LogP) is 2.67. The fourth-order valence-corrected chi connectivity index (χ4v) is 1.76. The van der Waals surface area contributed by atoms with Gasteiger partial charge in [-0.05, 0) is 47.3 Å². The molecule has 0 N–H and O–H groups in total. The van der Waals surface area contributed by atoms with Gasteiger partial charge in [0.1, 0.15) is 0 Å². The van der Waals surface area contributed by atoms with Gasteiger partial charge >= 0.3 is 6.09 Å². The first kappa shape index (κ1) is 18.6. The Bertz CT molecular complexity index is 327. The van der Waals surface area contributed by atoms with Crippen molar-refractivity contribution in [2.45, 2.75) is 39.5 Å². The number of carbonyl (C=O) groups is 2. The molecule has 2 amide bonds. The van der Waals surface area contributed by atoms with Crippen molar-refractivity contribution in [3.05, 3.63) is 12.2 Å². The Balaban J connectivity index is 4.14. The van der Waals surface area contributed by atoms with Crippen LogP contribution in [0.15, 0.2) is 12.2 Å². The van der Waals surface area contributed by atoms with Crippen LogP contribution in [-0.2, 0) is 9.53 Å². The number of imide groups is 1. The lowest BCUT2D eigenvalue weighted by Gasteiger charge is -2.20. The van der Waals surface area contributed by atoms with E-state index in [0.717, 1.165) is 37.1 Å². The van der Waals surface area contributed by atoms with E-state index in [4.69, 9.17) is 4.74 Å². The van der Waals surface area contributed by atoms with Crippen LogP contribution in [0.4, 0.5) is 4.79 Å². The summed E-state index contributed by atoms with van der Waals surface area (Å²) in [5.74, 6) is -0.350. The summed E-state index contributed by atoms with van der Waals surface area (Å²) in [5, 5.41) is 0. The van der Waals surface area contributed by atoms with Crippen LogP contribution < -0.4 is 0 Å². The lowest BCUT2D eigenvalue weighted by molar-refractivity contribution is -0.125. The highest BCUT2D eigenvalue weighted by Gasteiger charge is 2.22. The zero-order valence-corrected chi connectivity index (χ0v) is 13.3. The number of carbonyl (C=O) groups excluding carboxylic acids is 2. The van der Waals surface area contributed by atoms with Gasteiger partial charge in [-0.1, -0.05) is 19.4 Å². The molecule has 0 saturated carbocycles. The smallest absolute Gasteiger partial charge is 0.416 e. The second-order valence-electron chi connectivity index (χ2n) is 5.15. The van der Waals surface area contributed by atoms with Crippen molar-refractivity contribution in [3.8, 4) is 0 Å². The third kappa shape index (κ3) is 7.94. The molecule has 0 aliphatic heterocycles. The van der Waals surface area contributed by atoms with Crippen molar-refractivity contribution in [2.75, 3.05) is 33.8 Å². The molecular formula is C15H28N2O3. The van der Waals surface area contributed by atoms with Gasteiger partial charge in [-0.15, -0.1) is 0 Å². The maximum atomic E-state index is 11.9. The molecule has 0 aromatic heterocycles. The van der Waals surface area contributed by atoms with Crippen molar-refractivity contribution >= 4 is 12.0 Å². The molecule has 0 heterocycles. The summed E-state index contributed by atoms with van der Waals surface area (Å²) in [6.07, 6.45) is 3.43. The largest absolute Gasteiger partial charge is 0.449 e. The molecule has 20 heavy (non-hydrogen) atoms. The van der Waals surface area contributed by atoms with Gasteiger partial charge in [0.15, 0.2) is 0 Å². The van der Waals surface area contributed by atoms with E-state index in [0.29, 0.717) is 12.1 Å². The van der Waals surface area contributed by atoms with Crippen LogP contribution in [0.3, 0.4) is 0 Å². The summed E-state index contributed by atoms with van der Waals surface area (Å²) in [4.78, 5) is 26.9. The van der Waals surface area contributed by atoms with Gasteiger partial charge in [0.25, 0.3) is 5.91 Å². The summed E-state index contributed by atoms with van der Waals surface area (Å²) < 4.78 is 4.90. The van der Waals surface area contributed by atoms with E-state index in [9.17, 15) is 9.59 Å². The molecule has 0 saturated heterocycles. The number of amides is 2. The first-order valence-corrected chi connectivity index (χ1v) is 7.19. The third-order valence-corrected chi connectivity index (χ3v) is 2.84. The van der Waals surface area contributed by atoms with Crippen molar-refractivity contribution in [1.29, 1.82) is 0 Å². The average Bonchev–Trinajstić information content (AvgIpc) is 2.36. The second kappa shape index (κ2) is 10.4. The van der Waals surface area contributed by atoms with E-state index in [1.165, 1.54) is 0 Å². The zero-order valence-electron chi connectivity index (χ0n) is 13.3. The molecule has 0 rings (SSSR count). The fourth-order valence-electron chi connectivity index (χ4n) is 1.76. The third-order valence-electron chi connectivity index (χ3n) is 2.84. The highest BCUT2D eigenvalue weighted by atomic mass is 16.6. The van der Waals surface area contributed by atoms with E-state index < -0.39 is 6.09 Å². The average molecular weight is 284 g/mol. The maximum absolute atomic E-state index is 11.9. The highest BCUT2D eigenvalue weighted by Crippen LogP contribution is 2.07. The molecule has 0 unspecified atom stereocenters. The molecule has 0 atom stereocenters. The molecule has 0 aromatic rings. The minimum Gasteiger partial charge on any atom is -0.449 e. The quantitative estimate of drug-likeness (QED) is 0.482. The summed E-state index contributed by atoms with van der Waals surface area (Å²) in [5.41, 5.74) is 0.352. The summed E-state index contributed by atoms with van der Waals surface area (Å²) >= 11 is 0. The minimum atomic E-state index is -0.575. The Kier molecular flexibility index (Phi) is 9.72. The molecule has 0 bridgehead atoms. The van der Waals surface area contributed by atoms with E-state index in [2.05, 4.69) is 11.5 Å². The fraction of sp³-hybridized carbons (Fsp3) is 0.733. The summed E-state index contributed by atoms with van der Waals surface area (Å²) in [7, 11) is 4.10. The summed E-state index contributed by atoms with van der Waals surface area (Å²) in [6.45, 7) is 8.64. The summed E-state index contributed by atoms with van der Waals surface area (Å²) in [6, 6.07) is 0. The molecular weight excluding hydrogens is 256 g/mol. The van der Waals surface area contributed by atoms with E-state index in [1.54, 1.807) is 13.8 Å². The second-order valence-corrected chi connectivity index (χ2v) is 5.15. The van der Waals surface area contributed by atoms with Gasteiger partial charge < -0.3 is 9.64 Å². The Hall–Kier alpha value is -1.36. The molecule has 0 aliphatic carbocycles. The van der Waals surface area contributed by atoms with Crippen molar-refractivity contribution < 1.29 is 14.3 Å². The van der Waals surface area contributed by atoms with Crippen molar-refractivity contribution in [3.63, 3.8) is 0 Å². The molecule has 5 nitrogen and oxygen atoms in total. The van der Waals surface area contributed by atoms with Gasteiger partial charge in [-0.25, -0.2) is 9.69 Å². The Morgan fingerprint density at radius 1 is 1.05 bits per heavy atom. The number of nitrogens with zero attached hydrogens (tertiary/aromatic N) is 2. The Morgan fingerprint density at radius 3 is 2.05 bits per heavy atom. The number of hydrogen-bond acceptors (Lipinski definition) is 4. The van der Waals surface area contributed by atoms with Crippen molar-refractivity contribution in [2.24, 2.45) is 0 Å². The van der Waals surface area contributed by atoms with Gasteiger partial charge in [0, 0.05) is 12.1 Å². The standard InChI is InChI=1S/C15H28N2O3/c1-6-20-15(19)17(14(18)13(2)3)12-10-8-7-9-11-16(4)5/h2,6-12H2,1,3-5H3. The predicted molar refractivity (Wildman–Crippen MR) is 80.6 cm³/mol. The van der Waals surface area contributed by atoms with Crippen molar-refractivity contribution in [1.82, 2.24) is 9.80 Å². The molecule has 0 aliphatic rings. The van der Waals surface area contributed by atoms with Crippen LogP contribution in [0.1, 0.15) is 39.5 Å². The van der Waals surface area contributed by atoms with Crippen LogP contribution in [0.25, 0.3) is 0 Å². The number of hydrogen-bond donors (Lipinski definition) is 0. The molecule has 0 radical (unpaired) electrons. The highest BCUT2D eigenvalue weighted by molar-refractivity contribution is 6.01. The number of rotatable bonds is 9. The first-order valence-electron chi connectivity index (χ1n) is 7.19. The number of ether oxygens (including phenoxy) is 1. The topological polar surface area (TPSA) is 49.9 Å². The number of unbranched alkanes of at least 4 members (excludes halogenated alkanes) is 3. The van der Waals surface area contributed by atoms with Crippen LogP contribution in [0, 0.1) is 0 Å². The molecule has 0 fully saturated rings. The van der Waals surface area contributed by atoms with Crippen LogP contribution in [-0.4, -0.2) is 55.6 Å². The lowest BCUT2D eigenvalue weighted by Crippen LogP contribution is -2.38. The van der Waals surface area contributed by atoms with Crippen LogP contribution in [0.5, 0.6) is 0 Å². The van der Waals surface area contributed by atoms with E-state index in [1.807, 2.05) is 14.1 Å². The van der Waals surface area contributed by atoms with E-state index >= 15 is 0 Å². The van der Waals surface area contributed by atoms with Gasteiger partial charge in [-0.3, -0.25) is 4.79 Å². The van der Waals surface area contributed by atoms with Crippen LogP contribution >= 0.6 is 0 Å². The van der Waals surface area contributed by atoms with Gasteiger partial charge in [-0.2, -0.15) is 0 Å². The molecule has 5 heteroatoms. The molecule has 116 valence electrons. The zero-order chi connectivity index (χ0) is 15.5.